The number of carbonyl (C=O) groups is 13. The molecule has 13 amide bonds. The van der Waals surface area contributed by atoms with Crippen LogP contribution in [0.15, 0.2) is 140 Å². The van der Waals surface area contributed by atoms with Gasteiger partial charge in [0.15, 0.2) is 0 Å². The molecular formula is C80H100Cl3N15O14. The van der Waals surface area contributed by atoms with Gasteiger partial charge in [-0.1, -0.05) is 124 Å². The third kappa shape index (κ3) is 28.6. The van der Waals surface area contributed by atoms with Crippen LogP contribution in [0.3, 0.4) is 0 Å². The number of likely N-dealkylation sites (tertiary alicyclic amines) is 1. The maximum atomic E-state index is 15.4. The van der Waals surface area contributed by atoms with Crippen molar-refractivity contribution in [2.75, 3.05) is 42.1 Å². The molecular weight excluding hydrogens is 1500 g/mol. The lowest BCUT2D eigenvalue weighted by Crippen LogP contribution is -2.62. The number of anilines is 2. The number of halogens is 3. The summed E-state index contributed by atoms with van der Waals surface area (Å²) in [6.07, 6.45) is 3.75. The molecule has 6 aromatic rings. The van der Waals surface area contributed by atoms with Crippen LogP contribution in [0.5, 0.6) is 0 Å². The van der Waals surface area contributed by atoms with Crippen molar-refractivity contribution in [3.05, 3.63) is 173 Å². The predicted molar refractivity (Wildman–Crippen MR) is 426 cm³/mol. The molecule has 600 valence electrons. The van der Waals surface area contributed by atoms with Crippen molar-refractivity contribution in [2.45, 2.75) is 179 Å². The van der Waals surface area contributed by atoms with Gasteiger partial charge in [-0.25, -0.2) is 0 Å². The van der Waals surface area contributed by atoms with Gasteiger partial charge >= 0.3 is 0 Å². The quantitative estimate of drug-likeness (QED) is 0.0191. The van der Waals surface area contributed by atoms with Crippen LogP contribution in [0.25, 0.3) is 10.8 Å². The molecule has 1 aromatic heterocycles. The summed E-state index contributed by atoms with van der Waals surface area (Å²) in [6, 6.07) is 21.4. The number of nitrogens with one attached hydrogen (secondary N) is 12. The summed E-state index contributed by atoms with van der Waals surface area (Å²) in [7, 11) is 0. The van der Waals surface area contributed by atoms with E-state index in [1.54, 1.807) is 62.4 Å². The Morgan fingerprint density at radius 2 is 0.955 bits per heavy atom. The number of fused-ring (bicyclic) bond motifs is 1. The lowest BCUT2D eigenvalue weighted by molar-refractivity contribution is -0.142. The van der Waals surface area contributed by atoms with Crippen molar-refractivity contribution >= 4 is 134 Å². The number of unbranched alkanes of at least 4 members (excludes halogenated alkanes) is 1. The maximum Gasteiger partial charge on any atom is 0.245 e. The molecule has 1 aliphatic heterocycles. The molecule has 0 bridgehead atoms. The van der Waals surface area contributed by atoms with Gasteiger partial charge in [0.1, 0.15) is 72.2 Å². The maximum absolute atomic E-state index is 15.4. The SMILES string of the molecule is CC(=O)N[C@H](Cc1ccc2ccccc2c1)C(=O)N[C@H](Cc1ccc(Cl)cc1)C(=O)N[C@H](Cc1cccnc1)C(=O)N[C@@H](CO)C(=O)N[C@@H](Cc1ccc(NC(=O)CCl)cc1)C(=O)N[C@H](Cc1ccc(NC(=O)CCl)cc1)C(=O)N[C@@H](CC(C)C)C(=O)N[C@@H](CCCCNC(C)C)C(=O)N1CCC[C@H]1C(=O)N[C@H](C)C(N)=O. The number of rotatable bonds is 42. The van der Waals surface area contributed by atoms with Crippen LogP contribution in [0.4, 0.5) is 11.4 Å². The monoisotopic (exact) mass is 1600 g/mol. The van der Waals surface area contributed by atoms with Crippen LogP contribution in [0.1, 0.15) is 108 Å². The zero-order valence-electron chi connectivity index (χ0n) is 63.4. The van der Waals surface area contributed by atoms with E-state index in [1.165, 1.54) is 67.5 Å². The van der Waals surface area contributed by atoms with Crippen LogP contribution in [-0.2, 0) is 94.4 Å². The van der Waals surface area contributed by atoms with Crippen LogP contribution < -0.4 is 69.5 Å². The number of nitrogens with two attached hydrogens (primary N) is 1. The molecule has 0 saturated carbocycles. The first-order valence-corrected chi connectivity index (χ1v) is 38.6. The van der Waals surface area contributed by atoms with Crippen LogP contribution in [0.2, 0.25) is 5.02 Å². The van der Waals surface area contributed by atoms with Crippen molar-refractivity contribution < 1.29 is 67.4 Å². The van der Waals surface area contributed by atoms with E-state index in [-0.39, 0.29) is 81.6 Å². The Bertz CT molecular complexity index is 4240. The number of benzene rings is 5. The second kappa shape index (κ2) is 44.5. The first kappa shape index (κ1) is 88.6. The molecule has 1 saturated heterocycles. The number of primary amides is 1. The number of pyridine rings is 1. The zero-order valence-corrected chi connectivity index (χ0v) is 65.6. The number of aliphatic hydroxyl groups is 1. The summed E-state index contributed by atoms with van der Waals surface area (Å²) < 4.78 is 0. The molecule has 0 aliphatic carbocycles. The summed E-state index contributed by atoms with van der Waals surface area (Å²) in [5.74, 6) is -11.0. The van der Waals surface area contributed by atoms with Crippen molar-refractivity contribution in [3.63, 3.8) is 0 Å². The van der Waals surface area contributed by atoms with Gasteiger partial charge in [-0.05, 0) is 139 Å². The standard InChI is InChI=1S/C80H100Cl3N15O14/c1-46(2)35-61(72(104)91-60(16-9-10-33-86-47(3)4)80(112)98-34-12-17-68(98)79(111)87-48(5)71(84)103)92-74(106)64(38-51-21-28-58(29-22-51)89-69(101)42-81)94-76(108)65(39-52-23-30-59(31-24-52)90-70(102)43-82)96-78(110)67(45-99)97-77(109)66(41-54-13-11-32-85-44-54)95-75(107)63(37-50-19-26-57(83)27-20-50)93-73(105)62(88-49(6)100)40-53-18-25-55-14-7-8-15-56(55)36-53/h7-8,11,13-15,18-32,36,44,46-48,60-68,86,99H,9-10,12,16-17,33-35,37-43,45H2,1-6H3,(H2,84,103)(H,87,111)(H,88,100)(H,89,101)(H,90,102)(H,91,104)(H,92,106)(H,93,105)(H,94,108)(H,95,107)(H,96,110)(H,97,109)/t48-,60+,61+,62-,63-,64-,65+,66-,67+,68+/m1/s1. The molecule has 5 aromatic carbocycles. The number of amides is 13. The molecule has 0 spiro atoms. The largest absolute Gasteiger partial charge is 0.394 e. The van der Waals surface area contributed by atoms with Gasteiger partial charge in [-0.15, -0.1) is 23.2 Å². The Hall–Kier alpha value is -10.6. The molecule has 1 fully saturated rings. The summed E-state index contributed by atoms with van der Waals surface area (Å²) in [5.41, 5.74) is 8.56. The third-order valence-electron chi connectivity index (χ3n) is 18.5. The van der Waals surface area contributed by atoms with Crippen LogP contribution in [0, 0.1) is 5.92 Å². The summed E-state index contributed by atoms with van der Waals surface area (Å²) in [6.45, 7) is 9.90. The van der Waals surface area contributed by atoms with E-state index >= 15 is 9.59 Å². The topological polar surface area (TPSA) is 429 Å². The molecule has 112 heavy (non-hydrogen) atoms. The molecule has 0 unspecified atom stereocenters. The van der Waals surface area contributed by atoms with Crippen molar-refractivity contribution in [2.24, 2.45) is 11.7 Å². The van der Waals surface area contributed by atoms with Gasteiger partial charge in [0, 0.05) is 80.4 Å². The highest BCUT2D eigenvalue weighted by atomic mass is 35.5. The third-order valence-corrected chi connectivity index (χ3v) is 19.2. The Balaban J connectivity index is 1.19. The molecule has 1 aliphatic rings. The molecule has 0 radical (unpaired) electrons. The minimum Gasteiger partial charge on any atom is -0.394 e. The van der Waals surface area contributed by atoms with E-state index < -0.39 is 144 Å². The zero-order chi connectivity index (χ0) is 81.6. The van der Waals surface area contributed by atoms with Gasteiger partial charge in [-0.2, -0.15) is 0 Å². The molecule has 15 N–H and O–H groups in total. The Labute approximate surface area is 665 Å². The van der Waals surface area contributed by atoms with Gasteiger partial charge in [-0.3, -0.25) is 67.3 Å². The highest BCUT2D eigenvalue weighted by Crippen LogP contribution is 2.23. The minimum atomic E-state index is -1.87. The molecule has 32 heteroatoms. The molecule has 2 heterocycles. The Morgan fingerprint density at radius 3 is 1.43 bits per heavy atom. The van der Waals surface area contributed by atoms with E-state index in [4.69, 9.17) is 40.5 Å². The minimum absolute atomic E-state index is 0.00146. The fraction of sp³-hybridized carbons (Fsp3) is 0.425. The van der Waals surface area contributed by atoms with Crippen LogP contribution in [-0.4, -0.2) is 190 Å². The average Bonchev–Trinajstić information content (AvgIpc) is 1.61. The fourth-order valence-electron chi connectivity index (χ4n) is 12.6. The van der Waals surface area contributed by atoms with E-state index in [0.29, 0.717) is 70.0 Å². The summed E-state index contributed by atoms with van der Waals surface area (Å²) >= 11 is 17.8. The lowest BCUT2D eigenvalue weighted by Gasteiger charge is -2.31. The first-order valence-electron chi connectivity index (χ1n) is 37.1. The number of aliphatic hydroxyl groups excluding tert-OH is 1. The Morgan fingerprint density at radius 1 is 0.509 bits per heavy atom. The van der Waals surface area contributed by atoms with E-state index in [0.717, 1.165) is 10.8 Å². The Kier molecular flexibility index (Phi) is 35.2. The number of hydrogen-bond donors (Lipinski definition) is 14. The second-order valence-electron chi connectivity index (χ2n) is 28.4. The van der Waals surface area contributed by atoms with Gasteiger partial charge in [0.2, 0.25) is 76.8 Å². The van der Waals surface area contributed by atoms with Gasteiger partial charge in [0.05, 0.1) is 6.61 Å². The number of alkyl halides is 2. The first-order chi connectivity index (χ1) is 53.5. The fourth-order valence-corrected chi connectivity index (χ4v) is 12.9. The lowest BCUT2D eigenvalue weighted by atomic mass is 9.99. The highest BCUT2D eigenvalue weighted by Gasteiger charge is 2.41. The second-order valence-corrected chi connectivity index (χ2v) is 29.3. The van der Waals surface area contributed by atoms with Gasteiger partial charge < -0.3 is 79.5 Å². The number of hydrogen-bond acceptors (Lipinski definition) is 16. The average molecular weight is 1600 g/mol. The van der Waals surface area contributed by atoms with E-state index in [2.05, 4.69) is 68.8 Å². The number of carbonyl (C=O) groups excluding carboxylic acids is 13. The van der Waals surface area contributed by atoms with Crippen LogP contribution >= 0.6 is 34.8 Å². The smallest absolute Gasteiger partial charge is 0.245 e. The predicted octanol–water partition coefficient (Wildman–Crippen LogP) is 3.84. The number of nitrogens with zero attached hydrogens (tertiary/aromatic N) is 2. The highest BCUT2D eigenvalue weighted by molar-refractivity contribution is 6.30. The summed E-state index contributed by atoms with van der Waals surface area (Å²) in [4.78, 5) is 188. The van der Waals surface area contributed by atoms with E-state index in [1.807, 2.05) is 56.3 Å². The summed E-state index contributed by atoms with van der Waals surface area (Å²) in [5, 5.41) is 46.3. The molecule has 10 atom stereocenters. The van der Waals surface area contributed by atoms with Crippen molar-refractivity contribution in [1.82, 2.24) is 63.1 Å². The molecule has 7 rings (SSSR count). The molecule has 29 nitrogen and oxygen atoms in total. The van der Waals surface area contributed by atoms with E-state index in [9.17, 15) is 57.8 Å². The number of aromatic nitrogens is 1. The van der Waals surface area contributed by atoms with Crippen molar-refractivity contribution in [1.29, 1.82) is 0 Å². The normalized spacial score (nSPS) is 15.0. The van der Waals surface area contributed by atoms with Crippen molar-refractivity contribution in [3.8, 4) is 0 Å². The van der Waals surface area contributed by atoms with Gasteiger partial charge in [0.25, 0.3) is 0 Å².